The predicted octanol–water partition coefficient (Wildman–Crippen LogP) is 3.18. The van der Waals surface area contributed by atoms with Crippen molar-refractivity contribution < 1.29 is 32.2 Å². The number of nitrogens with zero attached hydrogens (tertiary/aromatic N) is 1. The fourth-order valence-corrected chi connectivity index (χ4v) is 1.92. The predicted molar refractivity (Wildman–Crippen MR) is 84.7 cm³/mol. The van der Waals surface area contributed by atoms with Crippen molar-refractivity contribution in [2.45, 2.75) is 19.1 Å². The lowest BCUT2D eigenvalue weighted by molar-refractivity contribution is -0.142. The molecule has 6 nitrogen and oxygen atoms in total. The van der Waals surface area contributed by atoms with E-state index < -0.39 is 29.7 Å². The molecule has 1 unspecified atom stereocenters. The SMILES string of the molecule is COC(=O)C(C)NC(=O)c1ccc(Oc2ccc(C(F)(F)F)cn2)cc1. The van der Waals surface area contributed by atoms with Gasteiger partial charge in [0.2, 0.25) is 5.88 Å². The summed E-state index contributed by atoms with van der Waals surface area (Å²) in [5, 5.41) is 2.46. The van der Waals surface area contributed by atoms with Crippen LogP contribution in [0.25, 0.3) is 0 Å². The highest BCUT2D eigenvalue weighted by molar-refractivity contribution is 5.96. The highest BCUT2D eigenvalue weighted by atomic mass is 19.4. The Labute approximate surface area is 146 Å². The Morgan fingerprint density at radius 1 is 1.12 bits per heavy atom. The standard InChI is InChI=1S/C17H15F3N2O4/c1-10(16(24)25-2)22-15(23)11-3-6-13(7-4-11)26-14-8-5-12(9-21-14)17(18,19)20/h3-10H,1-2H3,(H,22,23). The van der Waals surface area contributed by atoms with E-state index in [1.165, 1.54) is 38.3 Å². The smallest absolute Gasteiger partial charge is 0.417 e. The highest BCUT2D eigenvalue weighted by Gasteiger charge is 2.30. The van der Waals surface area contributed by atoms with E-state index in [9.17, 15) is 22.8 Å². The van der Waals surface area contributed by atoms with Gasteiger partial charge in [-0.15, -0.1) is 0 Å². The van der Waals surface area contributed by atoms with E-state index in [-0.39, 0.29) is 17.2 Å². The largest absolute Gasteiger partial charge is 0.467 e. The van der Waals surface area contributed by atoms with E-state index in [4.69, 9.17) is 4.74 Å². The molecule has 0 aliphatic heterocycles. The molecule has 0 radical (unpaired) electrons. The number of halogens is 3. The third-order valence-electron chi connectivity index (χ3n) is 3.30. The Kier molecular flexibility index (Phi) is 5.81. The van der Waals surface area contributed by atoms with Crippen LogP contribution in [0.3, 0.4) is 0 Å². The zero-order chi connectivity index (χ0) is 19.3. The maximum atomic E-state index is 12.5. The Bertz CT molecular complexity index is 774. The molecule has 1 heterocycles. The van der Waals surface area contributed by atoms with E-state index in [1.54, 1.807) is 0 Å². The summed E-state index contributed by atoms with van der Waals surface area (Å²) in [5.74, 6) is -0.793. The number of esters is 1. The van der Waals surface area contributed by atoms with Crippen LogP contribution in [0.2, 0.25) is 0 Å². The van der Waals surface area contributed by atoms with Gasteiger partial charge in [-0.05, 0) is 37.3 Å². The molecule has 9 heteroatoms. The molecule has 1 aromatic carbocycles. The number of aromatic nitrogens is 1. The number of amides is 1. The summed E-state index contributed by atoms with van der Waals surface area (Å²) in [6, 6.07) is 6.95. The van der Waals surface area contributed by atoms with Crippen LogP contribution in [0.1, 0.15) is 22.8 Å². The lowest BCUT2D eigenvalue weighted by atomic mass is 10.2. The second-order valence-corrected chi connectivity index (χ2v) is 5.23. The molecule has 2 aromatic rings. The van der Waals surface area contributed by atoms with Crippen molar-refractivity contribution in [2.75, 3.05) is 7.11 Å². The average Bonchev–Trinajstić information content (AvgIpc) is 2.61. The number of carbonyl (C=O) groups is 2. The molecule has 1 atom stereocenters. The van der Waals surface area contributed by atoms with E-state index >= 15 is 0 Å². The molecule has 26 heavy (non-hydrogen) atoms. The number of hydrogen-bond acceptors (Lipinski definition) is 5. The van der Waals surface area contributed by atoms with Gasteiger partial charge in [-0.3, -0.25) is 4.79 Å². The van der Waals surface area contributed by atoms with Crippen LogP contribution in [0.15, 0.2) is 42.6 Å². The first-order valence-corrected chi connectivity index (χ1v) is 7.40. The molecule has 0 bridgehead atoms. The molecule has 0 spiro atoms. The zero-order valence-electron chi connectivity index (χ0n) is 13.8. The Morgan fingerprint density at radius 2 is 1.77 bits per heavy atom. The van der Waals surface area contributed by atoms with Gasteiger partial charge in [0.15, 0.2) is 0 Å². The van der Waals surface area contributed by atoms with Gasteiger partial charge in [-0.25, -0.2) is 9.78 Å². The molecule has 1 amide bonds. The number of pyridine rings is 1. The highest BCUT2D eigenvalue weighted by Crippen LogP contribution is 2.30. The lowest BCUT2D eigenvalue weighted by Crippen LogP contribution is -2.39. The van der Waals surface area contributed by atoms with Gasteiger partial charge in [0.05, 0.1) is 12.7 Å². The summed E-state index contributed by atoms with van der Waals surface area (Å²) < 4.78 is 47.3. The summed E-state index contributed by atoms with van der Waals surface area (Å²) in [6.45, 7) is 1.48. The summed E-state index contributed by atoms with van der Waals surface area (Å²) in [4.78, 5) is 26.9. The molecule has 1 N–H and O–H groups in total. The Morgan fingerprint density at radius 3 is 2.27 bits per heavy atom. The van der Waals surface area contributed by atoms with Crippen LogP contribution in [0.4, 0.5) is 13.2 Å². The first-order valence-electron chi connectivity index (χ1n) is 7.40. The summed E-state index contributed by atoms with van der Waals surface area (Å²) in [6.07, 6.45) is -3.80. The van der Waals surface area contributed by atoms with Gasteiger partial charge in [0.25, 0.3) is 5.91 Å². The molecule has 0 saturated carbocycles. The van der Waals surface area contributed by atoms with Crippen LogP contribution in [0.5, 0.6) is 11.6 Å². The van der Waals surface area contributed by atoms with Crippen molar-refractivity contribution in [3.8, 4) is 11.6 Å². The van der Waals surface area contributed by atoms with Crippen molar-refractivity contribution in [1.82, 2.24) is 10.3 Å². The number of methoxy groups -OCH3 is 1. The van der Waals surface area contributed by atoms with Gasteiger partial charge >= 0.3 is 12.1 Å². The molecule has 0 aliphatic carbocycles. The van der Waals surface area contributed by atoms with Crippen molar-refractivity contribution >= 4 is 11.9 Å². The normalized spacial score (nSPS) is 12.2. The average molecular weight is 368 g/mol. The van der Waals surface area contributed by atoms with E-state index in [2.05, 4.69) is 15.0 Å². The molecular weight excluding hydrogens is 353 g/mol. The molecule has 2 rings (SSSR count). The van der Waals surface area contributed by atoms with Crippen molar-refractivity contribution in [2.24, 2.45) is 0 Å². The second-order valence-electron chi connectivity index (χ2n) is 5.23. The molecule has 138 valence electrons. The van der Waals surface area contributed by atoms with Crippen molar-refractivity contribution in [3.63, 3.8) is 0 Å². The first-order chi connectivity index (χ1) is 12.2. The number of benzene rings is 1. The number of rotatable bonds is 5. The van der Waals surface area contributed by atoms with E-state index in [1.807, 2.05) is 0 Å². The minimum absolute atomic E-state index is 0.0190. The molecule has 0 saturated heterocycles. The third-order valence-corrected chi connectivity index (χ3v) is 3.30. The van der Waals surface area contributed by atoms with Crippen LogP contribution >= 0.6 is 0 Å². The summed E-state index contributed by atoms with van der Waals surface area (Å²) in [5.41, 5.74) is -0.606. The molecular formula is C17H15F3N2O4. The maximum Gasteiger partial charge on any atom is 0.417 e. The minimum atomic E-state index is -4.47. The molecule has 0 fully saturated rings. The van der Waals surface area contributed by atoms with Crippen molar-refractivity contribution in [3.05, 3.63) is 53.7 Å². The fourth-order valence-electron chi connectivity index (χ4n) is 1.92. The van der Waals surface area contributed by atoms with Gasteiger partial charge in [0, 0.05) is 17.8 Å². The topological polar surface area (TPSA) is 77.5 Å². The summed E-state index contributed by atoms with van der Waals surface area (Å²) in [7, 11) is 1.21. The number of carbonyl (C=O) groups excluding carboxylic acids is 2. The quantitative estimate of drug-likeness (QED) is 0.821. The van der Waals surface area contributed by atoms with Crippen LogP contribution < -0.4 is 10.1 Å². The zero-order valence-corrected chi connectivity index (χ0v) is 13.8. The van der Waals surface area contributed by atoms with Crippen LogP contribution in [0, 0.1) is 0 Å². The van der Waals surface area contributed by atoms with Crippen molar-refractivity contribution in [1.29, 1.82) is 0 Å². The molecule has 0 aliphatic rings. The fraction of sp³-hybridized carbons (Fsp3) is 0.235. The Hall–Kier alpha value is -3.10. The summed E-state index contributed by atoms with van der Waals surface area (Å²) >= 11 is 0. The maximum absolute atomic E-state index is 12.5. The number of alkyl halides is 3. The lowest BCUT2D eigenvalue weighted by Gasteiger charge is -2.12. The number of hydrogen-bond donors (Lipinski definition) is 1. The van der Waals surface area contributed by atoms with Crippen LogP contribution in [-0.2, 0) is 15.7 Å². The van der Waals surface area contributed by atoms with Gasteiger partial charge in [-0.1, -0.05) is 0 Å². The van der Waals surface area contributed by atoms with E-state index in [0.29, 0.717) is 6.20 Å². The van der Waals surface area contributed by atoms with E-state index in [0.717, 1.165) is 12.1 Å². The number of ether oxygens (including phenoxy) is 2. The first kappa shape index (κ1) is 19.2. The van der Waals surface area contributed by atoms with Gasteiger partial charge in [-0.2, -0.15) is 13.2 Å². The van der Waals surface area contributed by atoms with Gasteiger partial charge < -0.3 is 14.8 Å². The Balaban J connectivity index is 2.01. The van der Waals surface area contributed by atoms with Crippen LogP contribution in [-0.4, -0.2) is 30.0 Å². The molecule has 1 aromatic heterocycles. The second kappa shape index (κ2) is 7.85. The monoisotopic (exact) mass is 368 g/mol. The van der Waals surface area contributed by atoms with Gasteiger partial charge in [0.1, 0.15) is 11.8 Å². The number of nitrogens with one attached hydrogen (secondary N) is 1. The third kappa shape index (κ3) is 4.95. The minimum Gasteiger partial charge on any atom is -0.467 e.